The summed E-state index contributed by atoms with van der Waals surface area (Å²) in [4.78, 5) is 21.9. The molecule has 2 rings (SSSR count). The number of nitrogen functional groups attached to an aromatic ring is 1. The van der Waals surface area contributed by atoms with Crippen LogP contribution in [-0.2, 0) is 13.5 Å². The molecule has 0 bridgehead atoms. The quantitative estimate of drug-likeness (QED) is 0.359. The van der Waals surface area contributed by atoms with Crippen LogP contribution in [0, 0.1) is 10.1 Å². The molecule has 20 heavy (non-hydrogen) atoms. The first-order valence-corrected chi connectivity index (χ1v) is 5.66. The van der Waals surface area contributed by atoms with Crippen molar-refractivity contribution in [3.63, 3.8) is 0 Å². The Balaban J connectivity index is 2.05. The molecule has 0 amide bonds. The molecule has 0 spiro atoms. The van der Waals surface area contributed by atoms with Crippen LogP contribution in [0.2, 0.25) is 0 Å². The minimum atomic E-state index is -0.568. The maximum absolute atomic E-state index is 10.9. The average molecular weight is 279 g/mol. The van der Waals surface area contributed by atoms with Gasteiger partial charge >= 0.3 is 5.69 Å². The third-order valence-electron chi connectivity index (χ3n) is 2.38. The molecule has 0 aliphatic heterocycles. The van der Waals surface area contributed by atoms with Crippen molar-refractivity contribution in [1.82, 2.24) is 24.7 Å². The predicted molar refractivity (Wildman–Crippen MR) is 69.7 cm³/mol. The second kappa shape index (κ2) is 5.88. The second-order valence-corrected chi connectivity index (χ2v) is 3.84. The van der Waals surface area contributed by atoms with Gasteiger partial charge in [-0.1, -0.05) is 0 Å². The van der Waals surface area contributed by atoms with Gasteiger partial charge in [0.2, 0.25) is 11.8 Å². The minimum absolute atomic E-state index is 0.0916. The van der Waals surface area contributed by atoms with Gasteiger partial charge in [0.1, 0.15) is 12.5 Å². The van der Waals surface area contributed by atoms with Gasteiger partial charge in [0.25, 0.3) is 0 Å². The van der Waals surface area contributed by atoms with Crippen molar-refractivity contribution in [3.8, 4) is 0 Å². The third kappa shape index (κ3) is 3.14. The van der Waals surface area contributed by atoms with E-state index < -0.39 is 4.92 Å². The Labute approximate surface area is 113 Å². The molecule has 0 fully saturated rings. The molecular weight excluding hydrogens is 266 g/mol. The highest BCUT2D eigenvalue weighted by atomic mass is 16.6. The first kappa shape index (κ1) is 13.6. The molecule has 0 aliphatic carbocycles. The van der Waals surface area contributed by atoms with Crippen molar-refractivity contribution >= 4 is 17.5 Å². The summed E-state index contributed by atoms with van der Waals surface area (Å²) in [6, 6.07) is 0. The summed E-state index contributed by atoms with van der Waals surface area (Å²) in [5.41, 5.74) is 2.01. The van der Waals surface area contributed by atoms with E-state index in [4.69, 9.17) is 5.84 Å². The first-order chi connectivity index (χ1) is 9.60. The Bertz CT molecular complexity index is 611. The Kier molecular flexibility index (Phi) is 4.00. The van der Waals surface area contributed by atoms with Gasteiger partial charge in [-0.15, -0.1) is 0 Å². The van der Waals surface area contributed by atoms with Crippen LogP contribution in [0.4, 0.5) is 17.5 Å². The van der Waals surface area contributed by atoms with Crippen LogP contribution in [0.1, 0.15) is 5.82 Å². The van der Waals surface area contributed by atoms with Crippen molar-refractivity contribution in [2.75, 3.05) is 17.3 Å². The Morgan fingerprint density at radius 1 is 1.50 bits per heavy atom. The van der Waals surface area contributed by atoms with Crippen molar-refractivity contribution in [2.45, 2.75) is 6.42 Å². The van der Waals surface area contributed by atoms with Gasteiger partial charge in [0.05, 0.1) is 4.92 Å². The van der Waals surface area contributed by atoms with Gasteiger partial charge in [-0.2, -0.15) is 10.1 Å². The lowest BCUT2D eigenvalue weighted by molar-refractivity contribution is -0.384. The van der Waals surface area contributed by atoms with Crippen molar-refractivity contribution in [3.05, 3.63) is 28.5 Å². The van der Waals surface area contributed by atoms with Gasteiger partial charge in [-0.05, 0) is 0 Å². The van der Waals surface area contributed by atoms with E-state index in [0.717, 1.165) is 6.20 Å². The second-order valence-electron chi connectivity index (χ2n) is 3.84. The van der Waals surface area contributed by atoms with E-state index in [0.29, 0.717) is 18.8 Å². The number of aromatic nitrogens is 5. The van der Waals surface area contributed by atoms with Crippen LogP contribution in [0.15, 0.2) is 12.5 Å². The molecular formula is C9H13N9O2. The highest BCUT2D eigenvalue weighted by Crippen LogP contribution is 2.21. The lowest BCUT2D eigenvalue weighted by Gasteiger charge is -2.06. The maximum atomic E-state index is 10.9. The van der Waals surface area contributed by atoms with Gasteiger partial charge < -0.3 is 5.32 Å². The molecule has 106 valence electrons. The zero-order valence-corrected chi connectivity index (χ0v) is 10.6. The van der Waals surface area contributed by atoms with E-state index in [9.17, 15) is 10.1 Å². The summed E-state index contributed by atoms with van der Waals surface area (Å²) in [5.74, 6) is 5.99. The van der Waals surface area contributed by atoms with Crippen molar-refractivity contribution in [2.24, 2.45) is 12.9 Å². The molecule has 0 unspecified atom stereocenters. The zero-order chi connectivity index (χ0) is 14.5. The summed E-state index contributed by atoms with van der Waals surface area (Å²) in [6.45, 7) is 0.395. The molecule has 0 atom stereocenters. The van der Waals surface area contributed by atoms with Crippen molar-refractivity contribution < 1.29 is 4.92 Å². The number of nitrogens with zero attached hydrogens (tertiary/aromatic N) is 6. The van der Waals surface area contributed by atoms with Crippen LogP contribution in [0.3, 0.4) is 0 Å². The van der Waals surface area contributed by atoms with Gasteiger partial charge in [-0.25, -0.2) is 15.8 Å². The summed E-state index contributed by atoms with van der Waals surface area (Å²) in [5, 5.41) is 17.8. The number of aryl methyl sites for hydroxylation is 1. The van der Waals surface area contributed by atoms with E-state index in [1.54, 1.807) is 18.1 Å². The lowest BCUT2D eigenvalue weighted by atomic mass is 10.4. The summed E-state index contributed by atoms with van der Waals surface area (Å²) in [6.07, 6.45) is 3.18. The standard InChI is InChI=1S/C9H13N9O2/c1-17-5-13-7(16-17)2-3-11-8-6(18(19)20)4-12-9(14-8)15-10/h4-5H,2-3,10H2,1H3,(H2,11,12,14,15). The van der Waals surface area contributed by atoms with Crippen LogP contribution in [0.5, 0.6) is 0 Å². The topological polar surface area (TPSA) is 150 Å². The van der Waals surface area contributed by atoms with Crippen LogP contribution < -0.4 is 16.6 Å². The number of nitro groups is 1. The Morgan fingerprint density at radius 3 is 2.90 bits per heavy atom. The molecule has 0 radical (unpaired) electrons. The summed E-state index contributed by atoms with van der Waals surface area (Å²) >= 11 is 0. The summed E-state index contributed by atoms with van der Waals surface area (Å²) in [7, 11) is 1.76. The predicted octanol–water partition coefficient (Wildman–Crippen LogP) is -0.546. The fourth-order valence-corrected chi connectivity index (χ4v) is 1.50. The zero-order valence-electron chi connectivity index (χ0n) is 10.6. The maximum Gasteiger partial charge on any atom is 0.329 e. The Morgan fingerprint density at radius 2 is 2.30 bits per heavy atom. The largest absolute Gasteiger partial charge is 0.364 e. The van der Waals surface area contributed by atoms with Crippen LogP contribution in [0.25, 0.3) is 0 Å². The monoisotopic (exact) mass is 279 g/mol. The van der Waals surface area contributed by atoms with E-state index in [2.05, 4.69) is 30.8 Å². The molecule has 0 aliphatic rings. The fraction of sp³-hybridized carbons (Fsp3) is 0.333. The molecule has 2 aromatic heterocycles. The smallest absolute Gasteiger partial charge is 0.329 e. The molecule has 0 saturated heterocycles. The molecule has 11 nitrogen and oxygen atoms in total. The normalized spacial score (nSPS) is 10.3. The molecule has 4 N–H and O–H groups in total. The van der Waals surface area contributed by atoms with Crippen molar-refractivity contribution in [1.29, 1.82) is 0 Å². The number of nitrogens with one attached hydrogen (secondary N) is 2. The molecule has 0 saturated carbocycles. The van der Waals surface area contributed by atoms with E-state index >= 15 is 0 Å². The van der Waals surface area contributed by atoms with Gasteiger partial charge in [0, 0.05) is 20.0 Å². The van der Waals surface area contributed by atoms with E-state index in [1.807, 2.05) is 0 Å². The third-order valence-corrected chi connectivity index (χ3v) is 2.38. The number of anilines is 2. The summed E-state index contributed by atoms with van der Waals surface area (Å²) < 4.78 is 1.58. The van der Waals surface area contributed by atoms with Crippen LogP contribution in [-0.4, -0.2) is 36.2 Å². The highest BCUT2D eigenvalue weighted by molar-refractivity contribution is 5.56. The first-order valence-electron chi connectivity index (χ1n) is 5.66. The lowest BCUT2D eigenvalue weighted by Crippen LogP contribution is -2.14. The number of nitrogens with two attached hydrogens (primary N) is 1. The minimum Gasteiger partial charge on any atom is -0.364 e. The van der Waals surface area contributed by atoms with Crippen LogP contribution >= 0.6 is 0 Å². The SMILES string of the molecule is Cn1cnc(CCNc2nc(NN)ncc2[N+](=O)[O-])n1. The highest BCUT2D eigenvalue weighted by Gasteiger charge is 2.16. The molecule has 11 heteroatoms. The van der Waals surface area contributed by atoms with E-state index in [-0.39, 0.29) is 17.5 Å². The average Bonchev–Trinajstić information content (AvgIpc) is 2.84. The number of rotatable bonds is 6. The molecule has 0 aromatic carbocycles. The van der Waals surface area contributed by atoms with E-state index in [1.165, 1.54) is 0 Å². The fourth-order valence-electron chi connectivity index (χ4n) is 1.50. The number of hydrazine groups is 1. The van der Waals surface area contributed by atoms with Gasteiger partial charge in [0.15, 0.2) is 5.82 Å². The van der Waals surface area contributed by atoms with Gasteiger partial charge in [-0.3, -0.25) is 20.2 Å². The Hall–Kier alpha value is -2.82. The number of hydrogen-bond acceptors (Lipinski definition) is 9. The molecule has 2 heterocycles. The number of hydrogen-bond donors (Lipinski definition) is 3. The molecule has 2 aromatic rings.